The molecule has 0 unspecified atom stereocenters. The van der Waals surface area contributed by atoms with Crippen molar-refractivity contribution in [2.45, 2.75) is 0 Å². The molecule has 84 valence electrons. The minimum Gasteiger partial charge on any atom is -0.503 e. The summed E-state index contributed by atoms with van der Waals surface area (Å²) in [5.74, 6) is -0.509. The summed E-state index contributed by atoms with van der Waals surface area (Å²) in [6.45, 7) is 0. The van der Waals surface area contributed by atoms with Gasteiger partial charge in [0.1, 0.15) is 11.9 Å². The van der Waals surface area contributed by atoms with Crippen molar-refractivity contribution >= 4 is 17.8 Å². The van der Waals surface area contributed by atoms with Crippen LogP contribution < -0.4 is 0 Å². The van der Waals surface area contributed by atoms with Crippen molar-refractivity contribution in [2.24, 2.45) is 0 Å². The summed E-state index contributed by atoms with van der Waals surface area (Å²) in [4.78, 5) is 22.1. The van der Waals surface area contributed by atoms with Crippen LogP contribution >= 0.6 is 0 Å². The number of aldehydes is 1. The number of rotatable bonds is 4. The van der Waals surface area contributed by atoms with E-state index in [0.717, 1.165) is 0 Å². The molecule has 16 heavy (non-hydrogen) atoms. The molecule has 0 amide bonds. The molecule has 0 aliphatic rings. The maximum atomic E-state index is 11.4. The maximum Gasteiger partial charge on any atom is 0.341 e. The van der Waals surface area contributed by atoms with Crippen LogP contribution in [0.15, 0.2) is 30.5 Å². The van der Waals surface area contributed by atoms with Gasteiger partial charge in [0, 0.05) is 5.56 Å². The fourth-order valence-electron chi connectivity index (χ4n) is 1.24. The predicted octanol–water partition coefficient (Wildman–Crippen LogP) is 1.66. The molecule has 0 aromatic heterocycles. The van der Waals surface area contributed by atoms with E-state index in [-0.39, 0.29) is 5.57 Å². The molecule has 0 radical (unpaired) electrons. The van der Waals surface area contributed by atoms with E-state index in [9.17, 15) is 9.59 Å². The van der Waals surface area contributed by atoms with E-state index in [1.54, 1.807) is 24.3 Å². The first-order chi connectivity index (χ1) is 7.72. The molecule has 0 aliphatic heterocycles. The zero-order chi connectivity index (χ0) is 12.0. The third kappa shape index (κ3) is 2.70. The summed E-state index contributed by atoms with van der Waals surface area (Å²) in [6, 6.07) is 6.63. The van der Waals surface area contributed by atoms with E-state index in [2.05, 4.69) is 4.74 Å². The van der Waals surface area contributed by atoms with E-state index >= 15 is 0 Å². The van der Waals surface area contributed by atoms with Gasteiger partial charge in [-0.15, -0.1) is 0 Å². The second kappa shape index (κ2) is 5.70. The number of ether oxygens (including phenoxy) is 2. The van der Waals surface area contributed by atoms with Gasteiger partial charge < -0.3 is 9.47 Å². The van der Waals surface area contributed by atoms with E-state index < -0.39 is 5.97 Å². The van der Waals surface area contributed by atoms with Gasteiger partial charge in [0.15, 0.2) is 0 Å². The lowest BCUT2D eigenvalue weighted by Gasteiger charge is -2.05. The Labute approximate surface area is 93.5 Å². The lowest BCUT2D eigenvalue weighted by molar-refractivity contribution is -0.133. The van der Waals surface area contributed by atoms with Crippen molar-refractivity contribution in [3.05, 3.63) is 41.7 Å². The van der Waals surface area contributed by atoms with Gasteiger partial charge >= 0.3 is 5.97 Å². The Bertz CT molecular complexity index is 421. The molecule has 1 rings (SSSR count). The first-order valence-corrected chi connectivity index (χ1v) is 4.59. The van der Waals surface area contributed by atoms with Crippen LogP contribution in [0, 0.1) is 0 Å². The van der Waals surface area contributed by atoms with Crippen molar-refractivity contribution in [2.75, 3.05) is 14.2 Å². The van der Waals surface area contributed by atoms with Crippen LogP contribution in [0.4, 0.5) is 0 Å². The lowest BCUT2D eigenvalue weighted by Crippen LogP contribution is -2.04. The molecular formula is C12H12O4. The number of benzene rings is 1. The molecule has 0 spiro atoms. The monoisotopic (exact) mass is 220 g/mol. The largest absolute Gasteiger partial charge is 0.503 e. The SMILES string of the molecule is CO/C=C(\C(=O)OC)c1cccc(C=O)c1. The van der Waals surface area contributed by atoms with E-state index in [0.29, 0.717) is 17.4 Å². The Balaban J connectivity index is 3.16. The summed E-state index contributed by atoms with van der Waals surface area (Å²) in [7, 11) is 2.72. The number of methoxy groups -OCH3 is 2. The normalized spacial score (nSPS) is 10.8. The second-order valence-corrected chi connectivity index (χ2v) is 3.00. The zero-order valence-electron chi connectivity index (χ0n) is 9.10. The number of carbonyl (C=O) groups excluding carboxylic acids is 2. The van der Waals surface area contributed by atoms with Crippen molar-refractivity contribution in [1.29, 1.82) is 0 Å². The molecule has 4 nitrogen and oxygen atoms in total. The van der Waals surface area contributed by atoms with Gasteiger partial charge in [-0.25, -0.2) is 4.79 Å². The Hall–Kier alpha value is -2.10. The van der Waals surface area contributed by atoms with E-state index in [1.807, 2.05) is 0 Å². The van der Waals surface area contributed by atoms with Crippen LogP contribution in [0.2, 0.25) is 0 Å². The number of hydrogen-bond acceptors (Lipinski definition) is 4. The highest BCUT2D eigenvalue weighted by molar-refractivity contribution is 6.16. The van der Waals surface area contributed by atoms with Gasteiger partial charge in [-0.1, -0.05) is 18.2 Å². The first kappa shape index (κ1) is 12.0. The molecule has 0 bridgehead atoms. The third-order valence-electron chi connectivity index (χ3n) is 1.97. The van der Waals surface area contributed by atoms with Crippen LogP contribution in [0.5, 0.6) is 0 Å². The quantitative estimate of drug-likeness (QED) is 0.335. The van der Waals surface area contributed by atoms with Crippen LogP contribution in [-0.4, -0.2) is 26.5 Å². The molecule has 0 aliphatic carbocycles. The van der Waals surface area contributed by atoms with Gasteiger partial charge in [0.2, 0.25) is 0 Å². The van der Waals surface area contributed by atoms with Crippen LogP contribution in [0.1, 0.15) is 15.9 Å². The van der Waals surface area contributed by atoms with Gasteiger partial charge in [0.05, 0.1) is 20.5 Å². The van der Waals surface area contributed by atoms with Crippen molar-refractivity contribution < 1.29 is 19.1 Å². The molecule has 0 N–H and O–H groups in total. The minimum absolute atomic E-state index is 0.272. The standard InChI is InChI=1S/C12H12O4/c1-15-8-11(12(14)16-2)10-5-3-4-9(6-10)7-13/h3-8H,1-2H3/b11-8-. The molecule has 0 saturated heterocycles. The van der Waals surface area contributed by atoms with Crippen molar-refractivity contribution in [3.8, 4) is 0 Å². The minimum atomic E-state index is -0.509. The van der Waals surface area contributed by atoms with Crippen molar-refractivity contribution in [3.63, 3.8) is 0 Å². The average molecular weight is 220 g/mol. The summed E-state index contributed by atoms with van der Waals surface area (Å²) >= 11 is 0. The fraction of sp³-hybridized carbons (Fsp3) is 0.167. The third-order valence-corrected chi connectivity index (χ3v) is 1.97. The van der Waals surface area contributed by atoms with E-state index in [4.69, 9.17) is 4.74 Å². The topological polar surface area (TPSA) is 52.6 Å². The van der Waals surface area contributed by atoms with Gasteiger partial charge in [-0.2, -0.15) is 0 Å². The Kier molecular flexibility index (Phi) is 4.27. The highest BCUT2D eigenvalue weighted by Gasteiger charge is 2.13. The molecule has 0 fully saturated rings. The highest BCUT2D eigenvalue weighted by atomic mass is 16.5. The molecule has 1 aromatic carbocycles. The fourth-order valence-corrected chi connectivity index (χ4v) is 1.24. The van der Waals surface area contributed by atoms with Gasteiger partial charge in [-0.3, -0.25) is 4.79 Å². The molecule has 1 aromatic rings. The number of esters is 1. The maximum absolute atomic E-state index is 11.4. The first-order valence-electron chi connectivity index (χ1n) is 4.59. The Morgan fingerprint density at radius 2 is 2.06 bits per heavy atom. The predicted molar refractivity (Wildman–Crippen MR) is 58.8 cm³/mol. The van der Waals surface area contributed by atoms with Gasteiger partial charge in [0.25, 0.3) is 0 Å². The molecule has 0 heterocycles. The van der Waals surface area contributed by atoms with Crippen LogP contribution in [0.25, 0.3) is 5.57 Å². The van der Waals surface area contributed by atoms with Crippen LogP contribution in [-0.2, 0) is 14.3 Å². The highest BCUT2D eigenvalue weighted by Crippen LogP contribution is 2.17. The summed E-state index contributed by atoms with van der Waals surface area (Å²) in [5, 5.41) is 0. The second-order valence-electron chi connectivity index (χ2n) is 3.00. The zero-order valence-corrected chi connectivity index (χ0v) is 9.10. The lowest BCUT2D eigenvalue weighted by atomic mass is 10.0. The molecule has 0 atom stereocenters. The van der Waals surface area contributed by atoms with Crippen LogP contribution in [0.3, 0.4) is 0 Å². The van der Waals surface area contributed by atoms with Gasteiger partial charge in [-0.05, 0) is 11.6 Å². The Morgan fingerprint density at radius 1 is 1.31 bits per heavy atom. The number of hydrogen-bond donors (Lipinski definition) is 0. The Morgan fingerprint density at radius 3 is 2.62 bits per heavy atom. The summed E-state index contributed by atoms with van der Waals surface area (Å²) in [6.07, 6.45) is 2.00. The summed E-state index contributed by atoms with van der Waals surface area (Å²) in [5.41, 5.74) is 1.34. The smallest absolute Gasteiger partial charge is 0.341 e. The van der Waals surface area contributed by atoms with Crippen molar-refractivity contribution in [1.82, 2.24) is 0 Å². The molecule has 0 saturated carbocycles. The molecular weight excluding hydrogens is 208 g/mol. The van der Waals surface area contributed by atoms with E-state index in [1.165, 1.54) is 20.5 Å². The number of carbonyl (C=O) groups is 2. The molecule has 4 heteroatoms. The summed E-state index contributed by atoms with van der Waals surface area (Å²) < 4.78 is 9.42. The average Bonchev–Trinajstić information content (AvgIpc) is 2.35.